The van der Waals surface area contributed by atoms with E-state index in [4.69, 9.17) is 15.2 Å². The van der Waals surface area contributed by atoms with Crippen molar-refractivity contribution in [2.75, 3.05) is 19.8 Å². The number of benzene rings is 2. The van der Waals surface area contributed by atoms with Crippen molar-refractivity contribution in [2.45, 2.75) is 13.8 Å². The molecule has 0 bridgehead atoms. The minimum absolute atomic E-state index is 0.0933. The standard InChI is InChI=1S/C22H23N3O4S/c1-3-25-21(27)19(30-22(25)24-16-8-6-5-7-9-16)13-15-10-11-17(29-14-20(23)26)18(12-15)28-4-2/h5-13H,3-4,14H2,1-2H3,(H2,23,26)/b19-13-,24-22?. The number of likely N-dealkylation sites (N-methyl/N-ethyl adjacent to an activating group) is 1. The van der Waals surface area contributed by atoms with Crippen molar-refractivity contribution in [3.8, 4) is 11.5 Å². The summed E-state index contributed by atoms with van der Waals surface area (Å²) < 4.78 is 11.0. The van der Waals surface area contributed by atoms with Crippen LogP contribution in [0.3, 0.4) is 0 Å². The van der Waals surface area contributed by atoms with E-state index >= 15 is 0 Å². The van der Waals surface area contributed by atoms with Crippen LogP contribution in [0.4, 0.5) is 5.69 Å². The second kappa shape index (κ2) is 9.98. The van der Waals surface area contributed by atoms with Gasteiger partial charge in [-0.3, -0.25) is 14.5 Å². The van der Waals surface area contributed by atoms with Crippen LogP contribution in [0.15, 0.2) is 58.4 Å². The molecule has 2 aromatic rings. The number of ether oxygens (including phenoxy) is 2. The maximum absolute atomic E-state index is 12.8. The molecule has 156 valence electrons. The van der Waals surface area contributed by atoms with E-state index < -0.39 is 5.91 Å². The molecule has 7 nitrogen and oxygen atoms in total. The summed E-state index contributed by atoms with van der Waals surface area (Å²) in [5.74, 6) is 0.240. The number of hydrogen-bond donors (Lipinski definition) is 1. The molecule has 0 unspecified atom stereocenters. The van der Waals surface area contributed by atoms with Gasteiger partial charge in [0.15, 0.2) is 23.3 Å². The molecule has 2 aromatic carbocycles. The molecule has 2 N–H and O–H groups in total. The topological polar surface area (TPSA) is 94.2 Å². The second-order valence-electron chi connectivity index (χ2n) is 6.28. The van der Waals surface area contributed by atoms with Crippen LogP contribution in [0, 0.1) is 0 Å². The first-order valence-electron chi connectivity index (χ1n) is 9.55. The summed E-state index contributed by atoms with van der Waals surface area (Å²) in [6.07, 6.45) is 1.80. The molecule has 30 heavy (non-hydrogen) atoms. The Bertz CT molecular complexity index is 989. The molecule has 3 rings (SSSR count). The van der Waals surface area contributed by atoms with E-state index in [-0.39, 0.29) is 12.5 Å². The van der Waals surface area contributed by atoms with Gasteiger partial charge in [-0.05, 0) is 61.5 Å². The highest BCUT2D eigenvalue weighted by atomic mass is 32.2. The lowest BCUT2D eigenvalue weighted by molar-refractivity contribution is -0.122. The van der Waals surface area contributed by atoms with Crippen LogP contribution in [-0.4, -0.2) is 41.6 Å². The quantitative estimate of drug-likeness (QED) is 0.653. The molecule has 0 aliphatic carbocycles. The minimum Gasteiger partial charge on any atom is -0.490 e. The van der Waals surface area contributed by atoms with Gasteiger partial charge in [0.25, 0.3) is 11.8 Å². The van der Waals surface area contributed by atoms with Crippen LogP contribution in [0.1, 0.15) is 19.4 Å². The van der Waals surface area contributed by atoms with Gasteiger partial charge in [0.05, 0.1) is 17.2 Å². The Labute approximate surface area is 179 Å². The average molecular weight is 426 g/mol. The van der Waals surface area contributed by atoms with Crippen molar-refractivity contribution in [2.24, 2.45) is 10.7 Å². The van der Waals surface area contributed by atoms with Crippen LogP contribution in [0.2, 0.25) is 0 Å². The molecule has 0 saturated carbocycles. The van der Waals surface area contributed by atoms with Gasteiger partial charge in [0.2, 0.25) is 0 Å². The Kier molecular flexibility index (Phi) is 7.13. The highest BCUT2D eigenvalue weighted by molar-refractivity contribution is 8.18. The molecule has 0 aromatic heterocycles. The first kappa shape index (κ1) is 21.4. The number of hydrogen-bond acceptors (Lipinski definition) is 6. The number of nitrogens with zero attached hydrogens (tertiary/aromatic N) is 2. The molecule has 1 aliphatic rings. The van der Waals surface area contributed by atoms with E-state index in [0.29, 0.717) is 34.7 Å². The van der Waals surface area contributed by atoms with Gasteiger partial charge >= 0.3 is 0 Å². The summed E-state index contributed by atoms with van der Waals surface area (Å²) in [5, 5.41) is 0.645. The smallest absolute Gasteiger partial charge is 0.266 e. The predicted octanol–water partition coefficient (Wildman–Crippen LogP) is 3.57. The number of nitrogens with two attached hydrogens (primary N) is 1. The maximum atomic E-state index is 12.8. The SMILES string of the molecule is CCOc1cc(/C=C2\SC(=Nc3ccccc3)N(CC)C2=O)ccc1OCC(N)=O. The summed E-state index contributed by atoms with van der Waals surface area (Å²) in [6, 6.07) is 14.8. The first-order chi connectivity index (χ1) is 14.5. The number of primary amides is 1. The molecule has 0 radical (unpaired) electrons. The summed E-state index contributed by atoms with van der Waals surface area (Å²) in [7, 11) is 0. The Morgan fingerprint density at radius 1 is 1.13 bits per heavy atom. The lowest BCUT2D eigenvalue weighted by Crippen LogP contribution is -2.28. The van der Waals surface area contributed by atoms with Crippen molar-refractivity contribution >= 4 is 40.5 Å². The number of carbonyl (C=O) groups excluding carboxylic acids is 2. The van der Waals surface area contributed by atoms with Crippen molar-refractivity contribution in [1.82, 2.24) is 4.90 Å². The molecule has 1 fully saturated rings. The average Bonchev–Trinajstić information content (AvgIpc) is 3.02. The summed E-state index contributed by atoms with van der Waals surface area (Å²) in [6.45, 7) is 4.49. The van der Waals surface area contributed by atoms with Crippen LogP contribution in [0.25, 0.3) is 6.08 Å². The number of para-hydroxylation sites is 1. The first-order valence-corrected chi connectivity index (χ1v) is 10.4. The van der Waals surface area contributed by atoms with E-state index in [1.807, 2.05) is 44.2 Å². The second-order valence-corrected chi connectivity index (χ2v) is 7.29. The van der Waals surface area contributed by atoms with Gasteiger partial charge in [-0.15, -0.1) is 0 Å². The number of thioether (sulfide) groups is 1. The summed E-state index contributed by atoms with van der Waals surface area (Å²) >= 11 is 1.33. The van der Waals surface area contributed by atoms with Crippen LogP contribution >= 0.6 is 11.8 Å². The van der Waals surface area contributed by atoms with Crippen molar-refractivity contribution < 1.29 is 19.1 Å². The van der Waals surface area contributed by atoms with Gasteiger partial charge in [-0.1, -0.05) is 24.3 Å². The third kappa shape index (κ3) is 5.21. The highest BCUT2D eigenvalue weighted by Crippen LogP contribution is 2.35. The molecule has 0 atom stereocenters. The molecule has 1 heterocycles. The maximum Gasteiger partial charge on any atom is 0.266 e. The summed E-state index contributed by atoms with van der Waals surface area (Å²) in [5.41, 5.74) is 6.71. The molecule has 0 spiro atoms. The third-order valence-corrected chi connectivity index (χ3v) is 5.13. The number of amides is 2. The molecule has 8 heteroatoms. The van der Waals surface area contributed by atoms with Gasteiger partial charge in [0, 0.05) is 6.54 Å². The fourth-order valence-electron chi connectivity index (χ4n) is 2.79. The van der Waals surface area contributed by atoms with Crippen LogP contribution < -0.4 is 15.2 Å². The number of carbonyl (C=O) groups is 2. The van der Waals surface area contributed by atoms with Crippen molar-refractivity contribution in [3.05, 3.63) is 59.0 Å². The lowest BCUT2D eigenvalue weighted by Gasteiger charge is -2.12. The molecular formula is C22H23N3O4S. The zero-order valence-corrected chi connectivity index (χ0v) is 17.6. The van der Waals surface area contributed by atoms with Gasteiger partial charge in [-0.2, -0.15) is 0 Å². The lowest BCUT2D eigenvalue weighted by atomic mass is 10.2. The zero-order valence-electron chi connectivity index (χ0n) is 16.8. The zero-order chi connectivity index (χ0) is 21.5. The van der Waals surface area contributed by atoms with E-state index in [9.17, 15) is 9.59 Å². The van der Waals surface area contributed by atoms with E-state index in [1.165, 1.54) is 11.8 Å². The van der Waals surface area contributed by atoms with E-state index in [2.05, 4.69) is 4.99 Å². The number of rotatable bonds is 8. The fraction of sp³-hybridized carbons (Fsp3) is 0.227. The van der Waals surface area contributed by atoms with Crippen molar-refractivity contribution in [3.63, 3.8) is 0 Å². The molecule has 2 amide bonds. The van der Waals surface area contributed by atoms with Crippen LogP contribution in [0.5, 0.6) is 11.5 Å². The number of aliphatic imine (C=N–C) groups is 1. The molecule has 1 saturated heterocycles. The summed E-state index contributed by atoms with van der Waals surface area (Å²) in [4.78, 5) is 30.7. The monoisotopic (exact) mass is 425 g/mol. The van der Waals surface area contributed by atoms with Crippen LogP contribution in [-0.2, 0) is 9.59 Å². The Morgan fingerprint density at radius 3 is 2.57 bits per heavy atom. The fourth-order valence-corrected chi connectivity index (χ4v) is 3.85. The Hall–Kier alpha value is -3.26. The minimum atomic E-state index is -0.568. The normalized spacial score (nSPS) is 16.3. The van der Waals surface area contributed by atoms with Gasteiger partial charge in [0.1, 0.15) is 0 Å². The van der Waals surface area contributed by atoms with E-state index in [0.717, 1.165) is 11.3 Å². The third-order valence-electron chi connectivity index (χ3n) is 4.12. The predicted molar refractivity (Wildman–Crippen MR) is 119 cm³/mol. The molecule has 1 aliphatic heterocycles. The molecular weight excluding hydrogens is 402 g/mol. The van der Waals surface area contributed by atoms with Crippen molar-refractivity contribution in [1.29, 1.82) is 0 Å². The van der Waals surface area contributed by atoms with Gasteiger partial charge in [-0.25, -0.2) is 4.99 Å². The highest BCUT2D eigenvalue weighted by Gasteiger charge is 2.32. The largest absolute Gasteiger partial charge is 0.490 e. The Balaban J connectivity index is 1.88. The Morgan fingerprint density at radius 2 is 1.90 bits per heavy atom. The van der Waals surface area contributed by atoms with Gasteiger partial charge < -0.3 is 15.2 Å². The van der Waals surface area contributed by atoms with E-state index in [1.54, 1.807) is 29.2 Å². The number of amidine groups is 1.